The van der Waals surface area contributed by atoms with E-state index in [-0.39, 0.29) is 23.3 Å². The van der Waals surface area contributed by atoms with Gasteiger partial charge in [-0.05, 0) is 24.8 Å². The maximum Gasteiger partial charge on any atom is 0.150 e. The zero-order valence-corrected chi connectivity index (χ0v) is 10.6. The number of sulfone groups is 1. The topological polar surface area (TPSA) is 51.2 Å². The minimum Gasteiger partial charge on any atom is -0.303 e. The number of hydrogen-bond donors (Lipinski definition) is 0. The van der Waals surface area contributed by atoms with Gasteiger partial charge in [-0.25, -0.2) is 8.42 Å². The molecule has 0 N–H and O–H groups in total. The van der Waals surface area contributed by atoms with Gasteiger partial charge in [0, 0.05) is 5.92 Å². The van der Waals surface area contributed by atoms with Crippen LogP contribution in [0.5, 0.6) is 0 Å². The summed E-state index contributed by atoms with van der Waals surface area (Å²) in [7, 11) is -2.93. The summed E-state index contributed by atoms with van der Waals surface area (Å²) >= 11 is 0. The molecule has 1 heterocycles. The van der Waals surface area contributed by atoms with Gasteiger partial charge in [0.2, 0.25) is 0 Å². The van der Waals surface area contributed by atoms with Gasteiger partial charge in [0.05, 0.1) is 11.5 Å². The van der Waals surface area contributed by atoms with E-state index in [1.165, 1.54) is 0 Å². The van der Waals surface area contributed by atoms with Crippen LogP contribution in [0, 0.1) is 12.8 Å². The van der Waals surface area contributed by atoms with Gasteiger partial charge in [-0.3, -0.25) is 0 Å². The maximum atomic E-state index is 11.4. The molecule has 2 rings (SSSR count). The number of carbonyl (C=O) groups is 1. The molecular weight excluding hydrogens is 236 g/mol. The first-order valence-corrected chi connectivity index (χ1v) is 7.56. The number of benzene rings is 1. The molecule has 0 amide bonds. The van der Waals surface area contributed by atoms with Crippen LogP contribution in [0.1, 0.15) is 23.5 Å². The third-order valence-corrected chi connectivity index (χ3v) is 5.14. The molecule has 2 unspecified atom stereocenters. The molecule has 1 aromatic rings. The second kappa shape index (κ2) is 4.61. The molecule has 1 aliphatic rings. The van der Waals surface area contributed by atoms with E-state index in [1.807, 2.05) is 31.2 Å². The van der Waals surface area contributed by atoms with E-state index < -0.39 is 9.84 Å². The normalized spacial score (nSPS) is 24.4. The standard InChI is InChI=1S/C13H16O3S/c1-10-3-2-4-11(7-10)13(8-14)12-5-6-17(15,16)9-12/h2-4,7-8,12-13H,5-6,9H2,1H3. The average Bonchev–Trinajstić information content (AvgIpc) is 2.60. The van der Waals surface area contributed by atoms with E-state index in [4.69, 9.17) is 0 Å². The molecular formula is C13H16O3S. The fourth-order valence-corrected chi connectivity index (χ4v) is 4.30. The maximum absolute atomic E-state index is 11.4. The summed E-state index contributed by atoms with van der Waals surface area (Å²) in [4.78, 5) is 11.2. The molecule has 1 saturated heterocycles. The van der Waals surface area contributed by atoms with Crippen molar-refractivity contribution in [3.63, 3.8) is 0 Å². The molecule has 0 bridgehead atoms. The van der Waals surface area contributed by atoms with E-state index >= 15 is 0 Å². The summed E-state index contributed by atoms with van der Waals surface area (Å²) in [6.45, 7) is 1.97. The molecule has 3 nitrogen and oxygen atoms in total. The molecule has 4 heteroatoms. The molecule has 2 atom stereocenters. The van der Waals surface area contributed by atoms with Crippen molar-refractivity contribution in [2.45, 2.75) is 19.3 Å². The van der Waals surface area contributed by atoms with Crippen molar-refractivity contribution in [2.75, 3.05) is 11.5 Å². The van der Waals surface area contributed by atoms with Crippen molar-refractivity contribution in [1.82, 2.24) is 0 Å². The van der Waals surface area contributed by atoms with Crippen LogP contribution in [0.3, 0.4) is 0 Å². The van der Waals surface area contributed by atoms with Crippen molar-refractivity contribution in [3.8, 4) is 0 Å². The van der Waals surface area contributed by atoms with Gasteiger partial charge in [-0.2, -0.15) is 0 Å². The lowest BCUT2D eigenvalue weighted by atomic mass is 9.86. The highest BCUT2D eigenvalue weighted by molar-refractivity contribution is 7.91. The monoisotopic (exact) mass is 252 g/mol. The van der Waals surface area contributed by atoms with Crippen LogP contribution in [0.2, 0.25) is 0 Å². The Hall–Kier alpha value is -1.16. The van der Waals surface area contributed by atoms with E-state index in [9.17, 15) is 13.2 Å². The highest BCUT2D eigenvalue weighted by atomic mass is 32.2. The van der Waals surface area contributed by atoms with Crippen molar-refractivity contribution in [3.05, 3.63) is 35.4 Å². The first-order valence-electron chi connectivity index (χ1n) is 5.74. The second-order valence-corrected chi connectivity index (χ2v) is 6.97. The lowest BCUT2D eigenvalue weighted by molar-refractivity contribution is -0.109. The van der Waals surface area contributed by atoms with Crippen LogP contribution >= 0.6 is 0 Å². The highest BCUT2D eigenvalue weighted by Crippen LogP contribution is 2.32. The quantitative estimate of drug-likeness (QED) is 0.770. The summed E-state index contributed by atoms with van der Waals surface area (Å²) in [5, 5.41) is 0. The average molecular weight is 252 g/mol. The van der Waals surface area contributed by atoms with Crippen molar-refractivity contribution < 1.29 is 13.2 Å². The SMILES string of the molecule is Cc1cccc(C(C=O)C2CCS(=O)(=O)C2)c1. The predicted octanol–water partition coefficient (Wildman–Crippen LogP) is 1.71. The van der Waals surface area contributed by atoms with Gasteiger partial charge < -0.3 is 4.79 Å². The van der Waals surface area contributed by atoms with Crippen LogP contribution in [0.4, 0.5) is 0 Å². The van der Waals surface area contributed by atoms with E-state index in [2.05, 4.69) is 0 Å². The molecule has 0 aromatic heterocycles. The van der Waals surface area contributed by atoms with Crippen molar-refractivity contribution in [1.29, 1.82) is 0 Å². The Morgan fingerprint density at radius 3 is 2.71 bits per heavy atom. The zero-order valence-electron chi connectivity index (χ0n) is 9.80. The summed E-state index contributed by atoms with van der Waals surface area (Å²) < 4.78 is 22.9. The minimum absolute atomic E-state index is 0.0562. The molecule has 0 spiro atoms. The lowest BCUT2D eigenvalue weighted by Crippen LogP contribution is -2.16. The molecule has 92 valence electrons. The van der Waals surface area contributed by atoms with Crippen LogP contribution in [-0.2, 0) is 14.6 Å². The van der Waals surface area contributed by atoms with Gasteiger partial charge in [0.25, 0.3) is 0 Å². The van der Waals surface area contributed by atoms with Crippen molar-refractivity contribution in [2.24, 2.45) is 5.92 Å². The van der Waals surface area contributed by atoms with Crippen LogP contribution in [0.25, 0.3) is 0 Å². The Morgan fingerprint density at radius 2 is 2.18 bits per heavy atom. The zero-order chi connectivity index (χ0) is 12.5. The van der Waals surface area contributed by atoms with Gasteiger partial charge in [-0.15, -0.1) is 0 Å². The van der Waals surface area contributed by atoms with Crippen LogP contribution < -0.4 is 0 Å². The Morgan fingerprint density at radius 1 is 1.41 bits per heavy atom. The number of rotatable bonds is 3. The Bertz CT molecular complexity index is 519. The van der Waals surface area contributed by atoms with Crippen LogP contribution in [-0.4, -0.2) is 26.2 Å². The van der Waals surface area contributed by atoms with Gasteiger partial charge in [0.15, 0.2) is 9.84 Å². The Kier molecular flexibility index (Phi) is 3.33. The Balaban J connectivity index is 2.26. The molecule has 0 saturated carbocycles. The fourth-order valence-electron chi connectivity index (χ4n) is 2.45. The molecule has 0 radical (unpaired) electrons. The predicted molar refractivity (Wildman–Crippen MR) is 66.7 cm³/mol. The molecule has 0 aliphatic carbocycles. The smallest absolute Gasteiger partial charge is 0.150 e. The first-order chi connectivity index (χ1) is 8.02. The molecule has 1 fully saturated rings. The van der Waals surface area contributed by atoms with Gasteiger partial charge in [0.1, 0.15) is 6.29 Å². The second-order valence-electron chi connectivity index (χ2n) is 4.74. The third kappa shape index (κ3) is 2.75. The van der Waals surface area contributed by atoms with E-state index in [0.29, 0.717) is 6.42 Å². The highest BCUT2D eigenvalue weighted by Gasteiger charge is 2.34. The summed E-state index contributed by atoms with van der Waals surface area (Å²) in [5.74, 6) is 0.0181. The van der Waals surface area contributed by atoms with E-state index in [0.717, 1.165) is 17.4 Å². The van der Waals surface area contributed by atoms with E-state index in [1.54, 1.807) is 0 Å². The molecule has 17 heavy (non-hydrogen) atoms. The van der Waals surface area contributed by atoms with Gasteiger partial charge in [-0.1, -0.05) is 29.8 Å². The number of aryl methyl sites for hydroxylation is 1. The summed E-state index contributed by atoms with van der Waals surface area (Å²) in [5.41, 5.74) is 2.03. The summed E-state index contributed by atoms with van der Waals surface area (Å²) in [6, 6.07) is 7.74. The summed E-state index contributed by atoms with van der Waals surface area (Å²) in [6.07, 6.45) is 1.49. The first kappa shape index (κ1) is 12.3. The molecule has 1 aliphatic heterocycles. The van der Waals surface area contributed by atoms with Crippen molar-refractivity contribution >= 4 is 16.1 Å². The van der Waals surface area contributed by atoms with Gasteiger partial charge >= 0.3 is 0 Å². The molecule has 1 aromatic carbocycles. The number of aldehydes is 1. The van der Waals surface area contributed by atoms with Crippen LogP contribution in [0.15, 0.2) is 24.3 Å². The number of carbonyl (C=O) groups excluding carboxylic acids is 1. The Labute approximate surface area is 102 Å². The fraction of sp³-hybridized carbons (Fsp3) is 0.462. The lowest BCUT2D eigenvalue weighted by Gasteiger charge is -2.17. The largest absolute Gasteiger partial charge is 0.303 e. The number of hydrogen-bond acceptors (Lipinski definition) is 3. The third-order valence-electron chi connectivity index (χ3n) is 3.35. The minimum atomic E-state index is -2.93.